The zero-order chi connectivity index (χ0) is 6.78. The molecule has 0 fully saturated rings. The highest BCUT2D eigenvalue weighted by atomic mass is 79.9. The quantitative estimate of drug-likeness (QED) is 0.563. The fourth-order valence-electron chi connectivity index (χ4n) is 0.152. The standard InChI is InChI=1S/C3H2BrF4/c4-2(5)1-3(6,7)8/h1H2. The van der Waals surface area contributed by atoms with Gasteiger partial charge >= 0.3 is 6.18 Å². The maximum Gasteiger partial charge on any atom is 0.393 e. The van der Waals surface area contributed by atoms with E-state index in [1.54, 1.807) is 0 Å². The molecule has 0 N–H and O–H groups in total. The molecule has 0 spiro atoms. The molecule has 0 saturated heterocycles. The molecule has 0 amide bonds. The summed E-state index contributed by atoms with van der Waals surface area (Å²) in [5.74, 6) is 0. The molecule has 0 heterocycles. The molecule has 0 saturated carbocycles. The van der Waals surface area contributed by atoms with Crippen molar-refractivity contribution in [2.24, 2.45) is 0 Å². The Morgan fingerprint density at radius 2 is 1.75 bits per heavy atom. The lowest BCUT2D eigenvalue weighted by atomic mass is 10.5. The second-order valence-corrected chi connectivity index (χ2v) is 1.99. The van der Waals surface area contributed by atoms with Crippen LogP contribution in [0.25, 0.3) is 0 Å². The highest BCUT2D eigenvalue weighted by molar-refractivity contribution is 9.11. The lowest BCUT2D eigenvalue weighted by Crippen LogP contribution is -2.07. The molecule has 0 atom stereocenters. The molecule has 0 aromatic rings. The van der Waals surface area contributed by atoms with Crippen LogP contribution in [0.1, 0.15) is 6.42 Å². The van der Waals surface area contributed by atoms with Gasteiger partial charge in [0.1, 0.15) is 0 Å². The first-order valence-electron chi connectivity index (χ1n) is 1.65. The molecule has 0 aromatic carbocycles. The van der Waals surface area contributed by atoms with Crippen LogP contribution >= 0.6 is 15.9 Å². The second kappa shape index (κ2) is 2.66. The predicted octanol–water partition coefficient (Wildman–Crippen LogP) is 2.79. The minimum absolute atomic E-state index is 1.29. The van der Waals surface area contributed by atoms with E-state index in [2.05, 4.69) is 0 Å². The summed E-state index contributed by atoms with van der Waals surface area (Å²) in [6.07, 6.45) is -5.94. The van der Waals surface area contributed by atoms with E-state index in [0.717, 1.165) is 0 Å². The summed E-state index contributed by atoms with van der Waals surface area (Å²) < 4.78 is 44.4. The van der Waals surface area contributed by atoms with Crippen molar-refractivity contribution in [1.29, 1.82) is 0 Å². The molecule has 0 aliphatic heterocycles. The molecule has 0 rings (SSSR count). The molecule has 0 aromatic heterocycles. The van der Waals surface area contributed by atoms with E-state index in [4.69, 9.17) is 0 Å². The van der Waals surface area contributed by atoms with Crippen LogP contribution in [0, 0.1) is 5.08 Å². The zero-order valence-corrected chi connectivity index (χ0v) is 5.18. The van der Waals surface area contributed by atoms with Crippen molar-refractivity contribution < 1.29 is 17.6 Å². The Bertz CT molecular complexity index is 66.2. The Kier molecular flexibility index (Phi) is 2.73. The summed E-state index contributed by atoms with van der Waals surface area (Å²) >= 11 is 2.04. The highest BCUT2D eigenvalue weighted by Gasteiger charge is 2.31. The van der Waals surface area contributed by atoms with E-state index in [1.165, 1.54) is 0 Å². The first-order chi connectivity index (χ1) is 3.42. The molecular weight excluding hydrogens is 192 g/mol. The van der Waals surface area contributed by atoms with E-state index in [1.807, 2.05) is 15.9 Å². The summed E-state index contributed by atoms with van der Waals surface area (Å²) in [5.41, 5.74) is 0. The van der Waals surface area contributed by atoms with Crippen LogP contribution < -0.4 is 0 Å². The fourth-order valence-corrected chi connectivity index (χ4v) is 0.469. The molecule has 8 heavy (non-hydrogen) atoms. The van der Waals surface area contributed by atoms with Crippen LogP contribution in [0.5, 0.6) is 0 Å². The predicted molar refractivity (Wildman–Crippen MR) is 23.9 cm³/mol. The molecule has 49 valence electrons. The average Bonchev–Trinajstić information content (AvgIpc) is 1.21. The van der Waals surface area contributed by atoms with Crippen LogP contribution in [-0.2, 0) is 0 Å². The van der Waals surface area contributed by atoms with Crippen molar-refractivity contribution in [3.05, 3.63) is 5.08 Å². The third-order valence-electron chi connectivity index (χ3n) is 0.334. The van der Waals surface area contributed by atoms with Crippen LogP contribution in [0.4, 0.5) is 17.6 Å². The van der Waals surface area contributed by atoms with Crippen molar-refractivity contribution in [3.8, 4) is 0 Å². The molecule has 0 nitrogen and oxygen atoms in total. The van der Waals surface area contributed by atoms with Gasteiger partial charge in [-0.25, -0.2) is 4.39 Å². The average molecular weight is 194 g/mol. The monoisotopic (exact) mass is 193 g/mol. The van der Waals surface area contributed by atoms with Crippen LogP contribution in [0.3, 0.4) is 0 Å². The van der Waals surface area contributed by atoms with Crippen molar-refractivity contribution in [3.63, 3.8) is 0 Å². The smallest absolute Gasteiger partial charge is 0.226 e. The zero-order valence-electron chi connectivity index (χ0n) is 3.60. The van der Waals surface area contributed by atoms with Gasteiger partial charge in [-0.3, -0.25) is 0 Å². The fraction of sp³-hybridized carbons (Fsp3) is 0.667. The first kappa shape index (κ1) is 8.20. The maximum absolute atomic E-state index is 11.3. The Morgan fingerprint density at radius 1 is 1.38 bits per heavy atom. The minimum Gasteiger partial charge on any atom is -0.226 e. The van der Waals surface area contributed by atoms with E-state index < -0.39 is 17.7 Å². The molecule has 0 bridgehead atoms. The van der Waals surface area contributed by atoms with Gasteiger partial charge in [0.25, 0.3) is 0 Å². The molecule has 0 aliphatic carbocycles. The van der Waals surface area contributed by atoms with E-state index >= 15 is 0 Å². The number of alkyl halides is 3. The third kappa shape index (κ3) is 6.20. The molecular formula is C3H2BrF4. The topological polar surface area (TPSA) is 0 Å². The van der Waals surface area contributed by atoms with Gasteiger partial charge in [-0.15, -0.1) is 0 Å². The Hall–Kier alpha value is 0.200. The second-order valence-electron chi connectivity index (χ2n) is 1.13. The summed E-state index contributed by atoms with van der Waals surface area (Å²) in [4.78, 5) is 0. The summed E-state index contributed by atoms with van der Waals surface area (Å²) in [6.45, 7) is 0. The van der Waals surface area contributed by atoms with Crippen molar-refractivity contribution in [1.82, 2.24) is 0 Å². The molecule has 0 aliphatic rings. The number of rotatable bonds is 1. The maximum atomic E-state index is 11.3. The Balaban J connectivity index is 3.39. The molecule has 1 radical (unpaired) electrons. The van der Waals surface area contributed by atoms with Crippen LogP contribution in [-0.4, -0.2) is 6.18 Å². The van der Waals surface area contributed by atoms with Crippen molar-refractivity contribution in [2.75, 3.05) is 0 Å². The van der Waals surface area contributed by atoms with Gasteiger partial charge in [0.05, 0.1) is 6.42 Å². The normalized spacial score (nSPS) is 12.8. The van der Waals surface area contributed by atoms with Gasteiger partial charge in [-0.05, 0) is 15.9 Å². The van der Waals surface area contributed by atoms with Gasteiger partial charge in [0.2, 0.25) is 5.08 Å². The van der Waals surface area contributed by atoms with Crippen molar-refractivity contribution in [2.45, 2.75) is 12.6 Å². The highest BCUT2D eigenvalue weighted by Crippen LogP contribution is 2.29. The Labute approximate surface area is 52.0 Å². The number of halogens is 5. The number of hydrogen-bond donors (Lipinski definition) is 0. The van der Waals surface area contributed by atoms with Crippen LogP contribution in [0.15, 0.2) is 0 Å². The lowest BCUT2D eigenvalue weighted by molar-refractivity contribution is -0.132. The third-order valence-corrected chi connectivity index (χ3v) is 0.614. The molecule has 0 unspecified atom stereocenters. The molecule has 5 heteroatoms. The first-order valence-corrected chi connectivity index (χ1v) is 2.45. The van der Waals surface area contributed by atoms with Gasteiger partial charge in [-0.2, -0.15) is 13.2 Å². The summed E-state index contributed by atoms with van der Waals surface area (Å²) in [6, 6.07) is 0. The Morgan fingerprint density at radius 3 is 1.75 bits per heavy atom. The van der Waals surface area contributed by atoms with Gasteiger partial charge in [-0.1, -0.05) is 0 Å². The summed E-state index contributed by atoms with van der Waals surface area (Å²) in [5, 5.41) is -1.29. The largest absolute Gasteiger partial charge is 0.393 e. The van der Waals surface area contributed by atoms with E-state index in [0.29, 0.717) is 0 Å². The van der Waals surface area contributed by atoms with Gasteiger partial charge < -0.3 is 0 Å². The minimum atomic E-state index is -4.44. The number of hydrogen-bond acceptors (Lipinski definition) is 0. The lowest BCUT2D eigenvalue weighted by Gasteiger charge is -2.02. The SMILES string of the molecule is F[C](Br)CC(F)(F)F. The van der Waals surface area contributed by atoms with Gasteiger partial charge in [0, 0.05) is 0 Å². The van der Waals surface area contributed by atoms with E-state index in [-0.39, 0.29) is 0 Å². The van der Waals surface area contributed by atoms with Crippen LogP contribution in [0.2, 0.25) is 0 Å². The van der Waals surface area contributed by atoms with E-state index in [9.17, 15) is 17.6 Å². The summed E-state index contributed by atoms with van der Waals surface area (Å²) in [7, 11) is 0. The van der Waals surface area contributed by atoms with Crippen molar-refractivity contribution >= 4 is 15.9 Å². The van der Waals surface area contributed by atoms with Gasteiger partial charge in [0.15, 0.2) is 0 Å².